The third-order valence-corrected chi connectivity index (χ3v) is 2.52. The second-order valence-electron chi connectivity index (χ2n) is 3.56. The number of rotatable bonds is 3. The van der Waals surface area contributed by atoms with E-state index >= 15 is 0 Å². The minimum atomic E-state index is -2.25. The number of nitrogens with zero attached hydrogens (tertiary/aromatic N) is 2. The standard InChI is InChI=1S/C10H10F2N2O/c11-10(12)7-4-14(5-7)9-2-1-8(6-15)13-3-9/h1-3,6-7,10H,4-5H2. The van der Waals surface area contributed by atoms with Crippen molar-refractivity contribution in [3.63, 3.8) is 0 Å². The van der Waals surface area contributed by atoms with E-state index in [0.29, 0.717) is 25.1 Å². The van der Waals surface area contributed by atoms with Gasteiger partial charge in [-0.3, -0.25) is 9.78 Å². The monoisotopic (exact) mass is 212 g/mol. The van der Waals surface area contributed by atoms with E-state index in [9.17, 15) is 13.6 Å². The number of halogens is 2. The van der Waals surface area contributed by atoms with Crippen molar-refractivity contribution >= 4 is 12.0 Å². The highest BCUT2D eigenvalue weighted by Gasteiger charge is 2.33. The molecule has 0 unspecified atom stereocenters. The molecule has 1 aliphatic rings. The average molecular weight is 212 g/mol. The zero-order valence-corrected chi connectivity index (χ0v) is 7.94. The lowest BCUT2D eigenvalue weighted by Gasteiger charge is -2.40. The molecule has 0 spiro atoms. The van der Waals surface area contributed by atoms with E-state index in [0.717, 1.165) is 5.69 Å². The molecule has 1 aliphatic heterocycles. The number of carbonyl (C=O) groups is 1. The molecule has 0 aliphatic carbocycles. The first-order valence-electron chi connectivity index (χ1n) is 4.65. The number of pyridine rings is 1. The number of hydrogen-bond acceptors (Lipinski definition) is 3. The minimum absolute atomic E-state index is 0.352. The SMILES string of the molecule is O=Cc1ccc(N2CC(C(F)F)C2)cn1. The van der Waals surface area contributed by atoms with E-state index in [1.165, 1.54) is 6.20 Å². The summed E-state index contributed by atoms with van der Waals surface area (Å²) in [5.41, 5.74) is 1.14. The molecule has 0 amide bonds. The molecule has 15 heavy (non-hydrogen) atoms. The van der Waals surface area contributed by atoms with Crippen molar-refractivity contribution in [2.75, 3.05) is 18.0 Å². The fourth-order valence-electron chi connectivity index (χ4n) is 1.54. The van der Waals surface area contributed by atoms with Crippen molar-refractivity contribution in [2.24, 2.45) is 5.92 Å². The topological polar surface area (TPSA) is 33.2 Å². The van der Waals surface area contributed by atoms with E-state index in [4.69, 9.17) is 0 Å². The normalized spacial score (nSPS) is 16.6. The summed E-state index contributed by atoms with van der Waals surface area (Å²) in [7, 11) is 0. The summed E-state index contributed by atoms with van der Waals surface area (Å²) in [4.78, 5) is 16.0. The largest absolute Gasteiger partial charge is 0.369 e. The molecule has 80 valence electrons. The summed E-state index contributed by atoms with van der Waals surface area (Å²) in [6.45, 7) is 0.722. The number of anilines is 1. The van der Waals surface area contributed by atoms with Gasteiger partial charge in [0, 0.05) is 13.1 Å². The van der Waals surface area contributed by atoms with Gasteiger partial charge in [0.15, 0.2) is 6.29 Å². The lowest BCUT2D eigenvalue weighted by Crippen LogP contribution is -2.50. The van der Waals surface area contributed by atoms with Crippen molar-refractivity contribution in [1.29, 1.82) is 0 Å². The van der Waals surface area contributed by atoms with Crippen LogP contribution >= 0.6 is 0 Å². The summed E-state index contributed by atoms with van der Waals surface area (Å²) >= 11 is 0. The molecule has 1 aromatic heterocycles. The fraction of sp³-hybridized carbons (Fsp3) is 0.400. The number of carbonyl (C=O) groups excluding carboxylic acids is 1. The average Bonchev–Trinajstić information content (AvgIpc) is 2.16. The second kappa shape index (κ2) is 3.92. The predicted octanol–water partition coefficient (Wildman–Crippen LogP) is 1.60. The highest BCUT2D eigenvalue weighted by atomic mass is 19.3. The Morgan fingerprint density at radius 2 is 2.20 bits per heavy atom. The molecule has 0 radical (unpaired) electrons. The van der Waals surface area contributed by atoms with Crippen LogP contribution in [0, 0.1) is 5.92 Å². The first-order chi connectivity index (χ1) is 7.20. The molecule has 0 atom stereocenters. The molecule has 1 aromatic rings. The molecular weight excluding hydrogens is 202 g/mol. The Morgan fingerprint density at radius 3 is 2.67 bits per heavy atom. The molecule has 1 fully saturated rings. The summed E-state index contributed by atoms with van der Waals surface area (Å²) in [5.74, 6) is -0.532. The van der Waals surface area contributed by atoms with Gasteiger partial charge in [0.1, 0.15) is 5.69 Å². The van der Waals surface area contributed by atoms with Gasteiger partial charge in [-0.1, -0.05) is 0 Å². The third-order valence-electron chi connectivity index (χ3n) is 2.52. The molecule has 5 heteroatoms. The first kappa shape index (κ1) is 10.0. The zero-order valence-electron chi connectivity index (χ0n) is 7.94. The lowest BCUT2D eigenvalue weighted by atomic mass is 10.0. The smallest absolute Gasteiger partial charge is 0.244 e. The van der Waals surface area contributed by atoms with Gasteiger partial charge in [0.25, 0.3) is 0 Å². The Labute approximate surface area is 85.7 Å². The summed E-state index contributed by atoms with van der Waals surface area (Å²) < 4.78 is 24.4. The quantitative estimate of drug-likeness (QED) is 0.713. The Bertz CT molecular complexity index is 347. The van der Waals surface area contributed by atoms with Crippen molar-refractivity contribution < 1.29 is 13.6 Å². The molecule has 0 aromatic carbocycles. The van der Waals surface area contributed by atoms with Gasteiger partial charge < -0.3 is 4.90 Å². The van der Waals surface area contributed by atoms with Gasteiger partial charge in [-0.05, 0) is 12.1 Å². The minimum Gasteiger partial charge on any atom is -0.369 e. The predicted molar refractivity (Wildman–Crippen MR) is 51.3 cm³/mol. The lowest BCUT2D eigenvalue weighted by molar-refractivity contribution is 0.0614. The van der Waals surface area contributed by atoms with Crippen LogP contribution in [-0.2, 0) is 0 Å². The van der Waals surface area contributed by atoms with E-state index in [2.05, 4.69) is 4.98 Å². The van der Waals surface area contributed by atoms with E-state index in [-0.39, 0.29) is 0 Å². The molecule has 1 saturated heterocycles. The molecule has 0 bridgehead atoms. The van der Waals surface area contributed by atoms with Crippen molar-refractivity contribution in [3.05, 3.63) is 24.0 Å². The van der Waals surface area contributed by atoms with E-state index in [1.807, 2.05) is 4.90 Å². The number of hydrogen-bond donors (Lipinski definition) is 0. The van der Waals surface area contributed by atoms with Crippen LogP contribution in [-0.4, -0.2) is 30.8 Å². The van der Waals surface area contributed by atoms with Crippen molar-refractivity contribution in [1.82, 2.24) is 4.98 Å². The van der Waals surface area contributed by atoms with Crippen LogP contribution in [0.4, 0.5) is 14.5 Å². The summed E-state index contributed by atoms with van der Waals surface area (Å²) in [5, 5.41) is 0. The van der Waals surface area contributed by atoms with Gasteiger partial charge in [0.2, 0.25) is 6.43 Å². The van der Waals surface area contributed by atoms with Gasteiger partial charge in [-0.2, -0.15) is 0 Å². The zero-order chi connectivity index (χ0) is 10.8. The maximum absolute atomic E-state index is 12.2. The van der Waals surface area contributed by atoms with E-state index < -0.39 is 12.3 Å². The van der Waals surface area contributed by atoms with Gasteiger partial charge in [0.05, 0.1) is 17.8 Å². The Morgan fingerprint density at radius 1 is 1.47 bits per heavy atom. The van der Waals surface area contributed by atoms with Gasteiger partial charge >= 0.3 is 0 Å². The summed E-state index contributed by atoms with van der Waals surface area (Å²) in [6, 6.07) is 3.30. The van der Waals surface area contributed by atoms with Crippen LogP contribution in [0.2, 0.25) is 0 Å². The van der Waals surface area contributed by atoms with Crippen molar-refractivity contribution in [3.8, 4) is 0 Å². The van der Waals surface area contributed by atoms with Crippen LogP contribution in [0.25, 0.3) is 0 Å². The second-order valence-corrected chi connectivity index (χ2v) is 3.56. The maximum atomic E-state index is 12.2. The maximum Gasteiger partial charge on any atom is 0.244 e. The number of alkyl halides is 2. The van der Waals surface area contributed by atoms with E-state index in [1.54, 1.807) is 12.1 Å². The highest BCUT2D eigenvalue weighted by Crippen LogP contribution is 2.27. The molecule has 2 heterocycles. The number of aldehydes is 1. The van der Waals surface area contributed by atoms with Gasteiger partial charge in [-0.15, -0.1) is 0 Å². The van der Waals surface area contributed by atoms with Crippen LogP contribution in [0.3, 0.4) is 0 Å². The Balaban J connectivity index is 1.98. The van der Waals surface area contributed by atoms with Crippen LogP contribution in [0.15, 0.2) is 18.3 Å². The molecule has 0 N–H and O–H groups in total. The molecule has 3 nitrogen and oxygen atoms in total. The van der Waals surface area contributed by atoms with Crippen molar-refractivity contribution in [2.45, 2.75) is 6.43 Å². The third kappa shape index (κ3) is 1.95. The van der Waals surface area contributed by atoms with Crippen LogP contribution in [0.1, 0.15) is 10.5 Å². The first-order valence-corrected chi connectivity index (χ1v) is 4.65. The molecule has 2 rings (SSSR count). The fourth-order valence-corrected chi connectivity index (χ4v) is 1.54. The molecule has 0 saturated carbocycles. The Kier molecular flexibility index (Phi) is 2.62. The molecular formula is C10H10F2N2O. The van der Waals surface area contributed by atoms with Gasteiger partial charge in [-0.25, -0.2) is 8.78 Å². The van der Waals surface area contributed by atoms with Crippen LogP contribution < -0.4 is 4.90 Å². The summed E-state index contributed by atoms with van der Waals surface area (Å²) in [6.07, 6.45) is -0.0590. The van der Waals surface area contributed by atoms with Crippen LogP contribution in [0.5, 0.6) is 0 Å². The highest BCUT2D eigenvalue weighted by molar-refractivity contribution is 5.72. The Hall–Kier alpha value is -1.52. The number of aromatic nitrogens is 1.